The first kappa shape index (κ1) is 20.6. The summed E-state index contributed by atoms with van der Waals surface area (Å²) in [6.07, 6.45) is 0. The van der Waals surface area contributed by atoms with E-state index in [1.807, 2.05) is 67.6 Å². The molecule has 0 saturated carbocycles. The summed E-state index contributed by atoms with van der Waals surface area (Å²) in [5.74, 6) is 0.844. The summed E-state index contributed by atoms with van der Waals surface area (Å²) >= 11 is 6.17. The van der Waals surface area contributed by atoms with Crippen molar-refractivity contribution in [2.24, 2.45) is 0 Å². The normalized spacial score (nSPS) is 10.3. The fraction of sp³-hybridized carbons (Fsp3) is 0.174. The van der Waals surface area contributed by atoms with Gasteiger partial charge in [0.2, 0.25) is 0 Å². The van der Waals surface area contributed by atoms with Gasteiger partial charge >= 0.3 is 0 Å². The molecule has 0 spiro atoms. The monoisotopic (exact) mass is 410 g/mol. The SMILES string of the molecule is COc1cc(CNc2ccc(C)c(Cl)c2)ccc1OCC(=O)Nc1ccccc1. The summed E-state index contributed by atoms with van der Waals surface area (Å²) < 4.78 is 11.1. The number of rotatable bonds is 8. The molecule has 3 aromatic rings. The third kappa shape index (κ3) is 5.90. The fourth-order valence-corrected chi connectivity index (χ4v) is 2.89. The minimum atomic E-state index is -0.236. The molecule has 0 atom stereocenters. The first-order valence-corrected chi connectivity index (χ1v) is 9.57. The van der Waals surface area contributed by atoms with Crippen molar-refractivity contribution in [2.75, 3.05) is 24.4 Å². The second-order valence-electron chi connectivity index (χ2n) is 6.51. The molecular weight excluding hydrogens is 388 g/mol. The lowest BCUT2D eigenvalue weighted by molar-refractivity contribution is -0.118. The van der Waals surface area contributed by atoms with Crippen LogP contribution in [-0.4, -0.2) is 19.6 Å². The maximum atomic E-state index is 12.1. The van der Waals surface area contributed by atoms with Gasteiger partial charge in [-0.05, 0) is 54.4 Å². The van der Waals surface area contributed by atoms with Crippen LogP contribution in [0.3, 0.4) is 0 Å². The lowest BCUT2D eigenvalue weighted by Gasteiger charge is -2.13. The van der Waals surface area contributed by atoms with Crippen molar-refractivity contribution in [3.05, 3.63) is 82.9 Å². The summed E-state index contributed by atoms with van der Waals surface area (Å²) in [7, 11) is 1.57. The van der Waals surface area contributed by atoms with Crippen LogP contribution in [0.5, 0.6) is 11.5 Å². The molecule has 2 N–H and O–H groups in total. The maximum absolute atomic E-state index is 12.1. The highest BCUT2D eigenvalue weighted by molar-refractivity contribution is 6.31. The molecule has 0 unspecified atom stereocenters. The Balaban J connectivity index is 1.58. The second kappa shape index (κ2) is 9.85. The van der Waals surface area contributed by atoms with Crippen LogP contribution in [0.1, 0.15) is 11.1 Å². The van der Waals surface area contributed by atoms with Crippen LogP contribution in [-0.2, 0) is 11.3 Å². The van der Waals surface area contributed by atoms with Gasteiger partial charge in [-0.1, -0.05) is 41.9 Å². The predicted octanol–water partition coefficient (Wildman–Crippen LogP) is 5.29. The highest BCUT2D eigenvalue weighted by Gasteiger charge is 2.09. The Labute approximate surface area is 175 Å². The van der Waals surface area contributed by atoms with E-state index in [-0.39, 0.29) is 12.5 Å². The Bertz CT molecular complexity index is 977. The minimum absolute atomic E-state index is 0.106. The third-order valence-corrected chi connectivity index (χ3v) is 4.72. The number of halogens is 1. The molecule has 150 valence electrons. The average molecular weight is 411 g/mol. The van der Waals surface area contributed by atoms with Crippen LogP contribution in [0, 0.1) is 6.92 Å². The largest absolute Gasteiger partial charge is 0.493 e. The van der Waals surface area contributed by atoms with E-state index in [2.05, 4.69) is 10.6 Å². The molecule has 0 fully saturated rings. The smallest absolute Gasteiger partial charge is 0.262 e. The van der Waals surface area contributed by atoms with E-state index >= 15 is 0 Å². The maximum Gasteiger partial charge on any atom is 0.262 e. The molecule has 6 heteroatoms. The number of benzene rings is 3. The number of aryl methyl sites for hydroxylation is 1. The van der Waals surface area contributed by atoms with Gasteiger partial charge in [0, 0.05) is 22.9 Å². The number of anilines is 2. The lowest BCUT2D eigenvalue weighted by Crippen LogP contribution is -2.20. The number of ether oxygens (including phenoxy) is 2. The summed E-state index contributed by atoms with van der Waals surface area (Å²) in [6.45, 7) is 2.46. The third-order valence-electron chi connectivity index (χ3n) is 4.31. The number of carbonyl (C=O) groups is 1. The molecule has 29 heavy (non-hydrogen) atoms. The number of methoxy groups -OCH3 is 1. The molecule has 1 amide bonds. The molecule has 0 heterocycles. The second-order valence-corrected chi connectivity index (χ2v) is 6.91. The van der Waals surface area contributed by atoms with Gasteiger partial charge in [-0.2, -0.15) is 0 Å². The van der Waals surface area contributed by atoms with Gasteiger partial charge in [-0.3, -0.25) is 4.79 Å². The van der Waals surface area contributed by atoms with Gasteiger partial charge in [0.05, 0.1) is 7.11 Å². The van der Waals surface area contributed by atoms with Crippen molar-refractivity contribution in [1.82, 2.24) is 0 Å². The summed E-state index contributed by atoms with van der Waals surface area (Å²) in [5.41, 5.74) is 3.72. The highest BCUT2D eigenvalue weighted by atomic mass is 35.5. The van der Waals surface area contributed by atoms with Crippen molar-refractivity contribution in [3.63, 3.8) is 0 Å². The molecule has 0 aliphatic heterocycles. The van der Waals surface area contributed by atoms with E-state index in [1.54, 1.807) is 13.2 Å². The topological polar surface area (TPSA) is 59.6 Å². The molecule has 0 aliphatic carbocycles. The van der Waals surface area contributed by atoms with E-state index in [4.69, 9.17) is 21.1 Å². The molecule has 0 saturated heterocycles. The van der Waals surface area contributed by atoms with Gasteiger partial charge in [0.15, 0.2) is 18.1 Å². The van der Waals surface area contributed by atoms with Gasteiger partial charge in [0.25, 0.3) is 5.91 Å². The van der Waals surface area contributed by atoms with Crippen LogP contribution < -0.4 is 20.1 Å². The number of nitrogens with one attached hydrogen (secondary N) is 2. The van der Waals surface area contributed by atoms with Crippen LogP contribution in [0.4, 0.5) is 11.4 Å². The molecule has 0 radical (unpaired) electrons. The van der Waals surface area contributed by atoms with Crippen molar-refractivity contribution in [2.45, 2.75) is 13.5 Å². The van der Waals surface area contributed by atoms with E-state index in [0.29, 0.717) is 18.0 Å². The van der Waals surface area contributed by atoms with Gasteiger partial charge < -0.3 is 20.1 Å². The number of carbonyl (C=O) groups excluding carboxylic acids is 1. The molecular formula is C23H23ClN2O3. The molecule has 0 aromatic heterocycles. The van der Waals surface area contributed by atoms with E-state index in [0.717, 1.165) is 27.5 Å². The molecule has 5 nitrogen and oxygen atoms in total. The van der Waals surface area contributed by atoms with E-state index in [9.17, 15) is 4.79 Å². The fourth-order valence-electron chi connectivity index (χ4n) is 2.71. The minimum Gasteiger partial charge on any atom is -0.493 e. The quantitative estimate of drug-likeness (QED) is 0.530. The predicted molar refractivity (Wildman–Crippen MR) is 117 cm³/mol. The van der Waals surface area contributed by atoms with Gasteiger partial charge in [0.1, 0.15) is 0 Å². The Morgan fingerprint density at radius 3 is 2.48 bits per heavy atom. The Morgan fingerprint density at radius 2 is 1.76 bits per heavy atom. The molecule has 0 aliphatic rings. The number of hydrogen-bond donors (Lipinski definition) is 2. The standard InChI is InChI=1S/C23H23ClN2O3/c1-16-8-10-19(13-20(16)24)25-14-17-9-11-21(22(12-17)28-2)29-15-23(27)26-18-6-4-3-5-7-18/h3-13,25H,14-15H2,1-2H3,(H,26,27). The van der Waals surface area contributed by atoms with Crippen molar-refractivity contribution < 1.29 is 14.3 Å². The van der Waals surface area contributed by atoms with Gasteiger partial charge in [-0.25, -0.2) is 0 Å². The molecule has 0 bridgehead atoms. The van der Waals surface area contributed by atoms with Crippen molar-refractivity contribution in [1.29, 1.82) is 0 Å². The van der Waals surface area contributed by atoms with Crippen LogP contribution >= 0.6 is 11.6 Å². The lowest BCUT2D eigenvalue weighted by atomic mass is 10.2. The average Bonchev–Trinajstić information content (AvgIpc) is 2.74. The van der Waals surface area contributed by atoms with Crippen LogP contribution in [0.15, 0.2) is 66.7 Å². The summed E-state index contributed by atoms with van der Waals surface area (Å²) in [4.78, 5) is 12.1. The van der Waals surface area contributed by atoms with E-state index in [1.165, 1.54) is 0 Å². The Kier molecular flexibility index (Phi) is 6.98. The zero-order valence-corrected chi connectivity index (χ0v) is 17.1. The van der Waals surface area contributed by atoms with Crippen molar-refractivity contribution >= 4 is 28.9 Å². The van der Waals surface area contributed by atoms with Crippen LogP contribution in [0.25, 0.3) is 0 Å². The number of amides is 1. The van der Waals surface area contributed by atoms with Crippen molar-refractivity contribution in [3.8, 4) is 11.5 Å². The molecule has 3 rings (SSSR count). The van der Waals surface area contributed by atoms with Crippen LogP contribution in [0.2, 0.25) is 5.02 Å². The Hall–Kier alpha value is -3.18. The summed E-state index contributed by atoms with van der Waals surface area (Å²) in [5, 5.41) is 6.84. The highest BCUT2D eigenvalue weighted by Crippen LogP contribution is 2.29. The first-order valence-electron chi connectivity index (χ1n) is 9.20. The first-order chi connectivity index (χ1) is 14.0. The zero-order chi connectivity index (χ0) is 20.6. The van der Waals surface area contributed by atoms with E-state index < -0.39 is 0 Å². The zero-order valence-electron chi connectivity index (χ0n) is 16.4. The Morgan fingerprint density at radius 1 is 0.966 bits per heavy atom. The van der Waals surface area contributed by atoms with Gasteiger partial charge in [-0.15, -0.1) is 0 Å². The number of hydrogen-bond acceptors (Lipinski definition) is 4. The molecule has 3 aromatic carbocycles. The number of para-hydroxylation sites is 1. The summed E-state index contributed by atoms with van der Waals surface area (Å²) in [6, 6.07) is 20.7.